The van der Waals surface area contributed by atoms with Gasteiger partial charge in [0.1, 0.15) is 5.75 Å². The van der Waals surface area contributed by atoms with Gasteiger partial charge in [-0.25, -0.2) is 4.79 Å². The van der Waals surface area contributed by atoms with Crippen molar-refractivity contribution in [1.29, 1.82) is 0 Å². The lowest BCUT2D eigenvalue weighted by Crippen LogP contribution is -2.30. The SMILES string of the molecule is COc1ccc(Br)cc1/C=C/C(=O)OC(C)C(=O)Nc1c(C)cccc1C. The van der Waals surface area contributed by atoms with Crippen molar-refractivity contribution in [2.75, 3.05) is 12.4 Å². The highest BCUT2D eigenvalue weighted by molar-refractivity contribution is 9.10. The van der Waals surface area contributed by atoms with Crippen LogP contribution in [-0.4, -0.2) is 25.1 Å². The summed E-state index contributed by atoms with van der Waals surface area (Å²) in [5.41, 5.74) is 3.35. The molecule has 0 aliphatic rings. The van der Waals surface area contributed by atoms with Crippen LogP contribution in [-0.2, 0) is 14.3 Å². The quantitative estimate of drug-likeness (QED) is 0.533. The highest BCUT2D eigenvalue weighted by atomic mass is 79.9. The van der Waals surface area contributed by atoms with E-state index in [9.17, 15) is 9.59 Å². The van der Waals surface area contributed by atoms with Crippen molar-refractivity contribution in [2.45, 2.75) is 26.9 Å². The highest BCUT2D eigenvalue weighted by Crippen LogP contribution is 2.24. The molecule has 1 unspecified atom stereocenters. The van der Waals surface area contributed by atoms with E-state index in [-0.39, 0.29) is 5.91 Å². The number of rotatable bonds is 6. The lowest BCUT2D eigenvalue weighted by Gasteiger charge is -2.15. The highest BCUT2D eigenvalue weighted by Gasteiger charge is 2.18. The maximum atomic E-state index is 12.3. The zero-order valence-electron chi connectivity index (χ0n) is 15.7. The van der Waals surface area contributed by atoms with Crippen LogP contribution in [0.3, 0.4) is 0 Å². The first kappa shape index (κ1) is 20.7. The summed E-state index contributed by atoms with van der Waals surface area (Å²) in [6, 6.07) is 11.2. The molecule has 0 saturated carbocycles. The maximum absolute atomic E-state index is 12.3. The van der Waals surface area contributed by atoms with Gasteiger partial charge < -0.3 is 14.8 Å². The van der Waals surface area contributed by atoms with Gasteiger partial charge in [0, 0.05) is 21.8 Å². The van der Waals surface area contributed by atoms with Crippen LogP contribution >= 0.6 is 15.9 Å². The van der Waals surface area contributed by atoms with Crippen molar-refractivity contribution in [3.63, 3.8) is 0 Å². The molecule has 0 aliphatic carbocycles. The molecule has 0 saturated heterocycles. The molecule has 2 aromatic carbocycles. The molecule has 0 bridgehead atoms. The van der Waals surface area contributed by atoms with Crippen LogP contribution in [0.5, 0.6) is 5.75 Å². The number of anilines is 1. The molecule has 0 spiro atoms. The topological polar surface area (TPSA) is 64.6 Å². The Hall–Kier alpha value is -2.60. The molecule has 1 amide bonds. The summed E-state index contributed by atoms with van der Waals surface area (Å²) in [4.78, 5) is 24.4. The second-order valence-corrected chi connectivity index (χ2v) is 6.97. The third kappa shape index (κ3) is 5.69. The summed E-state index contributed by atoms with van der Waals surface area (Å²) in [5.74, 6) is -0.363. The van der Waals surface area contributed by atoms with E-state index in [1.807, 2.05) is 44.2 Å². The average Bonchev–Trinajstić information content (AvgIpc) is 2.63. The minimum absolute atomic E-state index is 0.380. The van der Waals surface area contributed by atoms with Gasteiger partial charge in [0.05, 0.1) is 7.11 Å². The standard InChI is InChI=1S/C21H22BrNO4/c1-13-6-5-7-14(2)20(13)23-21(25)15(3)27-19(24)11-8-16-12-17(22)9-10-18(16)26-4/h5-12,15H,1-4H3,(H,23,25)/b11-8+. The largest absolute Gasteiger partial charge is 0.496 e. The van der Waals surface area contributed by atoms with E-state index in [4.69, 9.17) is 9.47 Å². The number of nitrogens with one attached hydrogen (secondary N) is 1. The lowest BCUT2D eigenvalue weighted by atomic mass is 10.1. The number of carbonyl (C=O) groups is 2. The van der Waals surface area contributed by atoms with Gasteiger partial charge in [-0.1, -0.05) is 34.1 Å². The number of aryl methyl sites for hydroxylation is 2. The van der Waals surface area contributed by atoms with Gasteiger partial charge in [-0.05, 0) is 56.2 Å². The zero-order valence-corrected chi connectivity index (χ0v) is 17.3. The van der Waals surface area contributed by atoms with E-state index < -0.39 is 12.1 Å². The molecule has 6 heteroatoms. The van der Waals surface area contributed by atoms with Crippen LogP contribution in [0.15, 0.2) is 46.9 Å². The fraction of sp³-hybridized carbons (Fsp3) is 0.238. The minimum atomic E-state index is -0.925. The monoisotopic (exact) mass is 431 g/mol. The first-order chi connectivity index (χ1) is 12.8. The summed E-state index contributed by atoms with van der Waals surface area (Å²) in [7, 11) is 1.55. The fourth-order valence-electron chi connectivity index (χ4n) is 2.50. The maximum Gasteiger partial charge on any atom is 0.331 e. The molecular formula is C21H22BrNO4. The molecule has 0 heterocycles. The molecule has 0 aromatic heterocycles. The molecule has 2 rings (SSSR count). The fourth-order valence-corrected chi connectivity index (χ4v) is 2.88. The van der Waals surface area contributed by atoms with Crippen LogP contribution in [0.1, 0.15) is 23.6 Å². The van der Waals surface area contributed by atoms with Crippen LogP contribution in [0, 0.1) is 13.8 Å². The van der Waals surface area contributed by atoms with E-state index in [0.29, 0.717) is 5.75 Å². The number of halogens is 1. The second kappa shape index (κ2) is 9.37. The number of methoxy groups -OCH3 is 1. The lowest BCUT2D eigenvalue weighted by molar-refractivity contribution is -0.148. The molecule has 142 valence electrons. The number of hydrogen-bond donors (Lipinski definition) is 1. The Labute approximate surface area is 167 Å². The molecule has 2 aromatic rings. The minimum Gasteiger partial charge on any atom is -0.496 e. The third-order valence-corrected chi connectivity index (χ3v) is 4.48. The van der Waals surface area contributed by atoms with Crippen molar-refractivity contribution in [3.8, 4) is 5.75 Å². The van der Waals surface area contributed by atoms with Gasteiger partial charge in [-0.3, -0.25) is 4.79 Å². The number of benzene rings is 2. The van der Waals surface area contributed by atoms with E-state index >= 15 is 0 Å². The van der Waals surface area contributed by atoms with Gasteiger partial charge in [0.15, 0.2) is 6.10 Å². The van der Waals surface area contributed by atoms with Crippen molar-refractivity contribution in [3.05, 3.63) is 63.6 Å². The first-order valence-electron chi connectivity index (χ1n) is 8.41. The number of hydrogen-bond acceptors (Lipinski definition) is 4. The Balaban J connectivity index is 2.01. The third-order valence-electron chi connectivity index (χ3n) is 3.98. The predicted molar refractivity (Wildman–Crippen MR) is 110 cm³/mol. The Morgan fingerprint density at radius 3 is 2.44 bits per heavy atom. The molecule has 0 fully saturated rings. The summed E-state index contributed by atoms with van der Waals surface area (Å²) in [5, 5.41) is 2.82. The van der Waals surface area contributed by atoms with Crippen LogP contribution in [0.4, 0.5) is 5.69 Å². The van der Waals surface area contributed by atoms with Gasteiger partial charge >= 0.3 is 5.97 Å². The van der Waals surface area contributed by atoms with Crippen molar-refractivity contribution in [2.24, 2.45) is 0 Å². The summed E-state index contributed by atoms with van der Waals surface area (Å²) in [6.45, 7) is 5.36. The molecule has 1 atom stereocenters. The number of ether oxygens (including phenoxy) is 2. The molecular weight excluding hydrogens is 410 g/mol. The van der Waals surface area contributed by atoms with Gasteiger partial charge in [0.25, 0.3) is 5.91 Å². The molecule has 0 radical (unpaired) electrons. The number of esters is 1. The Morgan fingerprint density at radius 2 is 1.81 bits per heavy atom. The van der Waals surface area contributed by atoms with Gasteiger partial charge in [-0.2, -0.15) is 0 Å². The van der Waals surface area contributed by atoms with E-state index in [2.05, 4.69) is 21.2 Å². The van der Waals surface area contributed by atoms with Crippen molar-refractivity contribution in [1.82, 2.24) is 0 Å². The van der Waals surface area contributed by atoms with E-state index in [1.54, 1.807) is 19.3 Å². The summed E-state index contributed by atoms with van der Waals surface area (Å²) in [6.07, 6.45) is 1.93. The van der Waals surface area contributed by atoms with Crippen LogP contribution in [0.25, 0.3) is 6.08 Å². The molecule has 5 nitrogen and oxygen atoms in total. The van der Waals surface area contributed by atoms with Crippen molar-refractivity contribution < 1.29 is 19.1 Å². The number of para-hydroxylation sites is 1. The van der Waals surface area contributed by atoms with Gasteiger partial charge in [-0.15, -0.1) is 0 Å². The van der Waals surface area contributed by atoms with E-state index in [1.165, 1.54) is 13.0 Å². The van der Waals surface area contributed by atoms with E-state index in [0.717, 1.165) is 26.9 Å². The Bertz CT molecular complexity index is 856. The Morgan fingerprint density at radius 1 is 1.15 bits per heavy atom. The van der Waals surface area contributed by atoms with Crippen LogP contribution in [0.2, 0.25) is 0 Å². The molecule has 1 N–H and O–H groups in total. The number of amides is 1. The summed E-state index contributed by atoms with van der Waals surface area (Å²) >= 11 is 3.38. The predicted octanol–water partition coefficient (Wildman–Crippen LogP) is 4.66. The Kier molecular flexibility index (Phi) is 7.19. The first-order valence-corrected chi connectivity index (χ1v) is 9.20. The number of carbonyl (C=O) groups excluding carboxylic acids is 2. The van der Waals surface area contributed by atoms with Gasteiger partial charge in [0.2, 0.25) is 0 Å². The van der Waals surface area contributed by atoms with Crippen LogP contribution < -0.4 is 10.1 Å². The average molecular weight is 432 g/mol. The molecule has 27 heavy (non-hydrogen) atoms. The second-order valence-electron chi connectivity index (χ2n) is 6.05. The summed E-state index contributed by atoms with van der Waals surface area (Å²) < 4.78 is 11.3. The molecule has 0 aliphatic heterocycles. The normalized spacial score (nSPS) is 11.9. The zero-order chi connectivity index (χ0) is 20.0. The van der Waals surface area contributed by atoms with Crippen molar-refractivity contribution >= 4 is 39.6 Å². The smallest absolute Gasteiger partial charge is 0.331 e.